The summed E-state index contributed by atoms with van der Waals surface area (Å²) in [7, 11) is 1.47. The fraction of sp³-hybridized carbons (Fsp3) is 0.0667. The summed E-state index contributed by atoms with van der Waals surface area (Å²) in [6, 6.07) is 10.1. The predicted octanol–water partition coefficient (Wildman–Crippen LogP) is 1.76. The summed E-state index contributed by atoms with van der Waals surface area (Å²) in [6.45, 7) is 0. The zero-order valence-electron chi connectivity index (χ0n) is 11.3. The number of para-hydroxylation sites is 1. The minimum atomic E-state index is -0.477. The zero-order valence-corrected chi connectivity index (χ0v) is 11.3. The lowest BCUT2D eigenvalue weighted by molar-refractivity contribution is -0.117. The number of furan rings is 1. The van der Waals surface area contributed by atoms with Crippen molar-refractivity contribution in [2.24, 2.45) is 0 Å². The number of hydrazine groups is 1. The highest BCUT2D eigenvalue weighted by atomic mass is 16.5. The molecule has 0 fully saturated rings. The van der Waals surface area contributed by atoms with E-state index in [4.69, 9.17) is 9.15 Å². The van der Waals surface area contributed by atoms with E-state index in [1.165, 1.54) is 25.5 Å². The molecule has 0 bridgehead atoms. The van der Waals surface area contributed by atoms with Gasteiger partial charge in [0.05, 0.1) is 18.9 Å². The topological polar surface area (TPSA) is 80.6 Å². The molecule has 2 rings (SSSR count). The maximum absolute atomic E-state index is 11.9. The molecule has 2 N–H and O–H groups in total. The molecule has 0 unspecified atom stereocenters. The van der Waals surface area contributed by atoms with Crippen molar-refractivity contribution in [2.45, 2.75) is 0 Å². The number of carbonyl (C=O) groups excluding carboxylic acids is 2. The molecule has 2 amide bonds. The molecule has 1 heterocycles. The van der Waals surface area contributed by atoms with Crippen LogP contribution < -0.4 is 15.6 Å². The van der Waals surface area contributed by atoms with Gasteiger partial charge in [0.1, 0.15) is 11.5 Å². The van der Waals surface area contributed by atoms with E-state index in [2.05, 4.69) is 10.9 Å². The Labute approximate surface area is 121 Å². The summed E-state index contributed by atoms with van der Waals surface area (Å²) in [5, 5.41) is 0. The average Bonchev–Trinajstić information content (AvgIpc) is 3.04. The first-order chi connectivity index (χ1) is 10.2. The highest BCUT2D eigenvalue weighted by molar-refractivity contribution is 5.99. The second-order valence-corrected chi connectivity index (χ2v) is 3.99. The molecule has 1 aromatic heterocycles. The van der Waals surface area contributed by atoms with E-state index < -0.39 is 11.8 Å². The van der Waals surface area contributed by atoms with Crippen LogP contribution in [-0.2, 0) is 4.79 Å². The molecular weight excluding hydrogens is 272 g/mol. The van der Waals surface area contributed by atoms with Crippen LogP contribution in [0.25, 0.3) is 6.08 Å². The molecule has 0 aliphatic carbocycles. The maximum Gasteiger partial charge on any atom is 0.273 e. The second kappa shape index (κ2) is 6.95. The number of methoxy groups -OCH3 is 1. The Balaban J connectivity index is 1.90. The number of hydrogen-bond acceptors (Lipinski definition) is 4. The van der Waals surface area contributed by atoms with Crippen LogP contribution in [0.15, 0.2) is 53.2 Å². The lowest BCUT2D eigenvalue weighted by Gasteiger charge is -2.08. The van der Waals surface area contributed by atoms with E-state index in [9.17, 15) is 9.59 Å². The van der Waals surface area contributed by atoms with Gasteiger partial charge in [-0.05, 0) is 30.3 Å². The summed E-state index contributed by atoms with van der Waals surface area (Å²) in [5.74, 6) is 0.0263. The van der Waals surface area contributed by atoms with Crippen molar-refractivity contribution < 1.29 is 18.7 Å². The molecule has 6 nitrogen and oxygen atoms in total. The Bertz CT molecular complexity index is 647. The van der Waals surface area contributed by atoms with Crippen molar-refractivity contribution in [3.63, 3.8) is 0 Å². The first kappa shape index (κ1) is 14.4. The molecule has 0 spiro atoms. The van der Waals surface area contributed by atoms with E-state index in [1.54, 1.807) is 36.4 Å². The summed E-state index contributed by atoms with van der Waals surface area (Å²) in [6.07, 6.45) is 4.24. The standard InChI is InChI=1S/C15H14N2O4/c1-20-13-7-3-2-6-12(13)15(19)17-16-14(18)9-8-11-5-4-10-21-11/h2-10H,1H3,(H,16,18)(H,17,19). The van der Waals surface area contributed by atoms with Crippen LogP contribution in [0.3, 0.4) is 0 Å². The minimum absolute atomic E-state index is 0.329. The molecular formula is C15H14N2O4. The van der Waals surface area contributed by atoms with Crippen LogP contribution in [-0.4, -0.2) is 18.9 Å². The van der Waals surface area contributed by atoms with Crippen LogP contribution in [0.2, 0.25) is 0 Å². The number of benzene rings is 1. The van der Waals surface area contributed by atoms with Gasteiger partial charge in [-0.3, -0.25) is 20.4 Å². The molecule has 2 aromatic rings. The predicted molar refractivity (Wildman–Crippen MR) is 76.3 cm³/mol. The van der Waals surface area contributed by atoms with Gasteiger partial charge in [0, 0.05) is 6.08 Å². The number of amides is 2. The lowest BCUT2D eigenvalue weighted by Crippen LogP contribution is -2.40. The van der Waals surface area contributed by atoms with Crippen LogP contribution in [0, 0.1) is 0 Å². The minimum Gasteiger partial charge on any atom is -0.496 e. The number of carbonyl (C=O) groups is 2. The molecule has 0 aliphatic rings. The van der Waals surface area contributed by atoms with E-state index >= 15 is 0 Å². The molecule has 1 aromatic carbocycles. The number of ether oxygens (including phenoxy) is 1. The summed E-state index contributed by atoms with van der Waals surface area (Å²) in [5.41, 5.74) is 4.90. The third kappa shape index (κ3) is 3.97. The Morgan fingerprint density at radius 1 is 1.14 bits per heavy atom. The summed E-state index contributed by atoms with van der Waals surface area (Å²) < 4.78 is 10.1. The van der Waals surface area contributed by atoms with Crippen molar-refractivity contribution in [3.8, 4) is 5.75 Å². The quantitative estimate of drug-likeness (QED) is 0.663. The van der Waals surface area contributed by atoms with Gasteiger partial charge < -0.3 is 9.15 Å². The van der Waals surface area contributed by atoms with Crippen molar-refractivity contribution >= 4 is 17.9 Å². The van der Waals surface area contributed by atoms with Gasteiger partial charge in [0.15, 0.2) is 0 Å². The zero-order chi connectivity index (χ0) is 15.1. The smallest absolute Gasteiger partial charge is 0.273 e. The maximum atomic E-state index is 11.9. The summed E-state index contributed by atoms with van der Waals surface area (Å²) in [4.78, 5) is 23.5. The lowest BCUT2D eigenvalue weighted by atomic mass is 10.2. The molecule has 0 saturated heterocycles. The van der Waals surface area contributed by atoms with Gasteiger partial charge in [-0.25, -0.2) is 0 Å². The van der Waals surface area contributed by atoms with Crippen LogP contribution >= 0.6 is 0 Å². The number of nitrogens with one attached hydrogen (secondary N) is 2. The Morgan fingerprint density at radius 2 is 1.95 bits per heavy atom. The van der Waals surface area contributed by atoms with E-state index in [1.807, 2.05) is 0 Å². The number of rotatable bonds is 4. The van der Waals surface area contributed by atoms with Gasteiger partial charge in [-0.1, -0.05) is 12.1 Å². The van der Waals surface area contributed by atoms with Gasteiger partial charge in [-0.2, -0.15) is 0 Å². The molecule has 0 aliphatic heterocycles. The van der Waals surface area contributed by atoms with E-state index in [0.717, 1.165) is 0 Å². The third-order valence-electron chi connectivity index (χ3n) is 2.59. The first-order valence-corrected chi connectivity index (χ1v) is 6.15. The molecule has 0 radical (unpaired) electrons. The average molecular weight is 286 g/mol. The van der Waals surface area contributed by atoms with Crippen molar-refractivity contribution in [3.05, 3.63) is 60.1 Å². The monoisotopic (exact) mass is 286 g/mol. The van der Waals surface area contributed by atoms with Crippen LogP contribution in [0.4, 0.5) is 0 Å². The fourth-order valence-corrected chi connectivity index (χ4v) is 1.60. The normalized spacial score (nSPS) is 10.3. The van der Waals surface area contributed by atoms with Crippen molar-refractivity contribution in [1.82, 2.24) is 10.9 Å². The van der Waals surface area contributed by atoms with Crippen molar-refractivity contribution in [1.29, 1.82) is 0 Å². The Morgan fingerprint density at radius 3 is 2.67 bits per heavy atom. The molecule has 0 atom stereocenters. The van der Waals surface area contributed by atoms with Gasteiger partial charge in [0.2, 0.25) is 0 Å². The van der Waals surface area contributed by atoms with E-state index in [-0.39, 0.29) is 0 Å². The molecule has 108 valence electrons. The van der Waals surface area contributed by atoms with Crippen LogP contribution in [0.1, 0.15) is 16.1 Å². The third-order valence-corrected chi connectivity index (χ3v) is 2.59. The van der Waals surface area contributed by atoms with E-state index in [0.29, 0.717) is 17.1 Å². The van der Waals surface area contributed by atoms with Crippen LogP contribution in [0.5, 0.6) is 5.75 Å². The number of hydrogen-bond donors (Lipinski definition) is 2. The Hall–Kier alpha value is -3.02. The Kier molecular flexibility index (Phi) is 4.76. The molecule has 6 heteroatoms. The highest BCUT2D eigenvalue weighted by Crippen LogP contribution is 2.16. The summed E-state index contributed by atoms with van der Waals surface area (Å²) >= 11 is 0. The fourth-order valence-electron chi connectivity index (χ4n) is 1.60. The SMILES string of the molecule is COc1ccccc1C(=O)NNC(=O)C=Cc1ccco1. The first-order valence-electron chi connectivity index (χ1n) is 6.15. The second-order valence-electron chi connectivity index (χ2n) is 3.99. The van der Waals surface area contributed by atoms with Gasteiger partial charge >= 0.3 is 0 Å². The highest BCUT2D eigenvalue weighted by Gasteiger charge is 2.11. The van der Waals surface area contributed by atoms with Crippen molar-refractivity contribution in [2.75, 3.05) is 7.11 Å². The largest absolute Gasteiger partial charge is 0.496 e. The van der Waals surface area contributed by atoms with Gasteiger partial charge in [0.25, 0.3) is 11.8 Å². The van der Waals surface area contributed by atoms with Gasteiger partial charge in [-0.15, -0.1) is 0 Å². The molecule has 0 saturated carbocycles. The molecule has 21 heavy (non-hydrogen) atoms.